The number of rotatable bonds is 6. The third-order valence-corrected chi connectivity index (χ3v) is 7.11. The topological polar surface area (TPSA) is 121 Å². The molecule has 9 nitrogen and oxygen atoms in total. The first-order chi connectivity index (χ1) is 16.2. The highest BCUT2D eigenvalue weighted by molar-refractivity contribution is 7.91. The van der Waals surface area contributed by atoms with Crippen molar-refractivity contribution in [3.05, 3.63) is 105 Å². The monoisotopic (exact) mass is 497 g/mol. The fraction of sp³-hybridized carbons (Fsp3) is 0.0435. The van der Waals surface area contributed by atoms with Crippen LogP contribution in [-0.4, -0.2) is 29.1 Å². The van der Waals surface area contributed by atoms with Gasteiger partial charge in [0, 0.05) is 12.1 Å². The number of nitrogens with zero attached hydrogens (tertiary/aromatic N) is 3. The van der Waals surface area contributed by atoms with Crippen LogP contribution in [0.3, 0.4) is 0 Å². The number of esters is 1. The number of carbonyl (C=O) groups excluding carboxylic acids is 1. The molecule has 4 rings (SSSR count). The first-order valence-corrected chi connectivity index (χ1v) is 11.7. The van der Waals surface area contributed by atoms with Gasteiger partial charge in [0.05, 0.1) is 31.8 Å². The number of aromatic nitrogens is 2. The second-order valence-corrected chi connectivity index (χ2v) is 9.38. The summed E-state index contributed by atoms with van der Waals surface area (Å²) in [6.45, 7) is 1.46. The van der Waals surface area contributed by atoms with Crippen molar-refractivity contribution in [2.45, 2.75) is 16.7 Å². The van der Waals surface area contributed by atoms with Crippen LogP contribution in [0.2, 0.25) is 5.02 Å². The molecule has 0 saturated carbocycles. The third-order valence-electron chi connectivity index (χ3n) is 4.88. The second kappa shape index (κ2) is 9.08. The zero-order chi connectivity index (χ0) is 24.5. The average molecular weight is 498 g/mol. The Morgan fingerprint density at radius 2 is 1.62 bits per heavy atom. The summed E-state index contributed by atoms with van der Waals surface area (Å²) in [5, 5.41) is 15.4. The Hall–Kier alpha value is -4.02. The second-order valence-electron chi connectivity index (χ2n) is 7.09. The van der Waals surface area contributed by atoms with Crippen molar-refractivity contribution in [1.29, 1.82) is 0 Å². The molecule has 0 aliphatic heterocycles. The van der Waals surface area contributed by atoms with Crippen LogP contribution in [0.15, 0.2) is 88.7 Å². The quantitative estimate of drug-likeness (QED) is 0.213. The van der Waals surface area contributed by atoms with Gasteiger partial charge in [-0.2, -0.15) is 9.78 Å². The number of aryl methyl sites for hydroxylation is 1. The number of benzene rings is 3. The van der Waals surface area contributed by atoms with Crippen LogP contribution in [0, 0.1) is 17.0 Å². The van der Waals surface area contributed by atoms with Gasteiger partial charge in [-0.1, -0.05) is 41.9 Å². The van der Waals surface area contributed by atoms with Gasteiger partial charge in [0.2, 0.25) is 15.7 Å². The van der Waals surface area contributed by atoms with E-state index in [0.29, 0.717) is 5.69 Å². The summed E-state index contributed by atoms with van der Waals surface area (Å²) in [7, 11) is -4.28. The Morgan fingerprint density at radius 1 is 1.00 bits per heavy atom. The van der Waals surface area contributed by atoms with Gasteiger partial charge in [-0.3, -0.25) is 10.1 Å². The largest absolute Gasteiger partial charge is 0.402 e. The molecular weight excluding hydrogens is 482 g/mol. The van der Waals surface area contributed by atoms with E-state index in [2.05, 4.69) is 5.10 Å². The molecule has 1 heterocycles. The first-order valence-electron chi connectivity index (χ1n) is 9.81. The minimum absolute atomic E-state index is 0.0429. The van der Waals surface area contributed by atoms with Gasteiger partial charge in [0.25, 0.3) is 5.69 Å². The molecule has 0 aliphatic rings. The number of para-hydroxylation sites is 1. The third kappa shape index (κ3) is 4.28. The zero-order valence-electron chi connectivity index (χ0n) is 17.6. The Morgan fingerprint density at radius 3 is 2.24 bits per heavy atom. The summed E-state index contributed by atoms with van der Waals surface area (Å²) in [5.41, 5.74) is 0.309. The van der Waals surface area contributed by atoms with Gasteiger partial charge in [-0.15, -0.1) is 0 Å². The van der Waals surface area contributed by atoms with Crippen molar-refractivity contribution in [3.63, 3.8) is 0 Å². The van der Waals surface area contributed by atoms with E-state index in [9.17, 15) is 23.3 Å². The number of nitro groups is 1. The molecule has 1 aromatic heterocycles. The molecule has 0 fully saturated rings. The maximum atomic E-state index is 13.5. The maximum Gasteiger partial charge on any atom is 0.346 e. The molecule has 0 radical (unpaired) electrons. The van der Waals surface area contributed by atoms with Gasteiger partial charge in [-0.05, 0) is 43.3 Å². The number of non-ortho nitro benzene ring substituents is 1. The molecule has 11 heteroatoms. The molecular formula is C23H16ClN3O6S. The van der Waals surface area contributed by atoms with E-state index in [4.69, 9.17) is 16.3 Å². The first kappa shape index (κ1) is 23.1. The van der Waals surface area contributed by atoms with Crippen LogP contribution in [0.1, 0.15) is 16.1 Å². The molecule has 34 heavy (non-hydrogen) atoms. The minimum Gasteiger partial charge on any atom is -0.402 e. The summed E-state index contributed by atoms with van der Waals surface area (Å²) in [4.78, 5) is 22.7. The summed E-state index contributed by atoms with van der Waals surface area (Å²) < 4.78 is 33.9. The van der Waals surface area contributed by atoms with E-state index in [1.165, 1.54) is 23.7 Å². The summed E-state index contributed by atoms with van der Waals surface area (Å²) in [5.74, 6) is -1.20. The summed E-state index contributed by atoms with van der Waals surface area (Å²) in [6.07, 6.45) is 0. The predicted molar refractivity (Wildman–Crippen MR) is 123 cm³/mol. The summed E-state index contributed by atoms with van der Waals surface area (Å²) in [6, 6.07) is 19.1. The van der Waals surface area contributed by atoms with Gasteiger partial charge in [0.15, 0.2) is 4.90 Å². The van der Waals surface area contributed by atoms with Crippen molar-refractivity contribution < 1.29 is 22.9 Å². The molecule has 172 valence electrons. The van der Waals surface area contributed by atoms with E-state index in [-0.39, 0.29) is 37.6 Å². The normalized spacial score (nSPS) is 11.2. The molecule has 0 bridgehead atoms. The number of hydrogen-bond acceptors (Lipinski definition) is 7. The number of hydrogen-bond donors (Lipinski definition) is 0. The lowest BCUT2D eigenvalue weighted by atomic mass is 10.2. The van der Waals surface area contributed by atoms with Crippen LogP contribution in [0.5, 0.6) is 5.88 Å². The number of carbonyl (C=O) groups is 1. The molecule has 0 unspecified atom stereocenters. The fourth-order valence-electron chi connectivity index (χ4n) is 3.27. The molecule has 0 aliphatic carbocycles. The zero-order valence-corrected chi connectivity index (χ0v) is 19.2. The Labute approximate surface area is 199 Å². The van der Waals surface area contributed by atoms with E-state index in [1.54, 1.807) is 42.5 Å². The van der Waals surface area contributed by atoms with Crippen LogP contribution >= 0.6 is 11.6 Å². The SMILES string of the molecule is Cc1nn(-c2ccccc2)c(OC(=O)c2ccccc2Cl)c1S(=O)(=O)c1ccc([N+](=O)[O-])cc1. The highest BCUT2D eigenvalue weighted by atomic mass is 35.5. The fourth-order valence-corrected chi connectivity index (χ4v) is 5.00. The van der Waals surface area contributed by atoms with E-state index < -0.39 is 20.7 Å². The van der Waals surface area contributed by atoms with Crippen LogP contribution in [0.4, 0.5) is 5.69 Å². The highest BCUT2D eigenvalue weighted by Crippen LogP contribution is 2.35. The number of nitro benzene ring substituents is 1. The number of sulfone groups is 1. The lowest BCUT2D eigenvalue weighted by Crippen LogP contribution is -2.15. The van der Waals surface area contributed by atoms with Crippen molar-refractivity contribution in [3.8, 4) is 11.6 Å². The Balaban J connectivity index is 1.89. The van der Waals surface area contributed by atoms with Crippen molar-refractivity contribution in [2.75, 3.05) is 0 Å². The van der Waals surface area contributed by atoms with Gasteiger partial charge < -0.3 is 4.74 Å². The van der Waals surface area contributed by atoms with Crippen LogP contribution in [-0.2, 0) is 9.84 Å². The molecule has 0 saturated heterocycles. The van der Waals surface area contributed by atoms with E-state index in [1.807, 2.05) is 0 Å². The molecule has 4 aromatic rings. The van der Waals surface area contributed by atoms with Crippen molar-refractivity contribution >= 4 is 33.1 Å². The molecule has 0 spiro atoms. The average Bonchev–Trinajstić information content (AvgIpc) is 3.16. The van der Waals surface area contributed by atoms with Gasteiger partial charge >= 0.3 is 5.97 Å². The Kier molecular flexibility index (Phi) is 6.18. The van der Waals surface area contributed by atoms with Crippen LogP contribution in [0.25, 0.3) is 5.69 Å². The smallest absolute Gasteiger partial charge is 0.346 e. The van der Waals surface area contributed by atoms with Gasteiger partial charge in [0.1, 0.15) is 0 Å². The highest BCUT2D eigenvalue weighted by Gasteiger charge is 2.32. The standard InChI is InChI=1S/C23H16ClN3O6S/c1-15-21(34(31,32)18-13-11-17(12-14-18)27(29)30)22(26(25-15)16-7-3-2-4-8-16)33-23(28)19-9-5-6-10-20(19)24/h2-14H,1H3. The number of ether oxygens (including phenoxy) is 1. The minimum atomic E-state index is -4.28. The van der Waals surface area contributed by atoms with Gasteiger partial charge in [-0.25, -0.2) is 13.2 Å². The molecule has 0 N–H and O–H groups in total. The maximum absolute atomic E-state index is 13.5. The predicted octanol–water partition coefficient (Wildman–Crippen LogP) is 4.79. The van der Waals surface area contributed by atoms with Crippen LogP contribution < -0.4 is 4.74 Å². The molecule has 0 amide bonds. The van der Waals surface area contributed by atoms with E-state index >= 15 is 0 Å². The van der Waals surface area contributed by atoms with Crippen molar-refractivity contribution in [1.82, 2.24) is 9.78 Å². The lowest BCUT2D eigenvalue weighted by molar-refractivity contribution is -0.384. The van der Waals surface area contributed by atoms with E-state index in [0.717, 1.165) is 24.3 Å². The molecule has 0 atom stereocenters. The lowest BCUT2D eigenvalue weighted by Gasteiger charge is -2.11. The van der Waals surface area contributed by atoms with Crippen molar-refractivity contribution in [2.24, 2.45) is 0 Å². The molecule has 3 aromatic carbocycles. The summed E-state index contributed by atoms with van der Waals surface area (Å²) >= 11 is 6.12. The number of halogens is 1. The Bertz CT molecular complexity index is 1500.